The molecule has 0 atom stereocenters. The highest BCUT2D eigenvalue weighted by Gasteiger charge is 2.05. The van der Waals surface area contributed by atoms with Crippen LogP contribution in [0.15, 0.2) is 18.2 Å². The van der Waals surface area contributed by atoms with Gasteiger partial charge in [0, 0.05) is 6.08 Å². The molecule has 0 aliphatic carbocycles. The van der Waals surface area contributed by atoms with Crippen LogP contribution in [0.5, 0.6) is 5.75 Å². The van der Waals surface area contributed by atoms with Crippen molar-refractivity contribution in [1.82, 2.24) is 0 Å². The maximum atomic E-state index is 10.4. The average Bonchev–Trinajstić information content (AvgIpc) is 2.26. The quantitative estimate of drug-likeness (QED) is 0.786. The zero-order valence-corrected chi connectivity index (χ0v) is 9.02. The zero-order chi connectivity index (χ0) is 12.1. The van der Waals surface area contributed by atoms with Crippen LogP contribution >= 0.6 is 0 Å². The number of ether oxygens (including phenoxy) is 1. The minimum Gasteiger partial charge on any atom is -0.496 e. The predicted octanol–water partition coefficient (Wildman–Crippen LogP) is 1.97. The third-order valence-electron chi connectivity index (χ3n) is 2.09. The van der Waals surface area contributed by atoms with Crippen LogP contribution in [-0.4, -0.2) is 18.2 Å². The van der Waals surface area contributed by atoms with Gasteiger partial charge in [-0.1, -0.05) is 0 Å². The van der Waals surface area contributed by atoms with Gasteiger partial charge in [-0.2, -0.15) is 5.26 Å². The molecule has 1 aromatic rings. The molecule has 1 rings (SSSR count). The Morgan fingerprint density at radius 3 is 2.75 bits per heavy atom. The second-order valence-corrected chi connectivity index (χ2v) is 3.19. The number of methoxy groups -OCH3 is 1. The lowest BCUT2D eigenvalue weighted by molar-refractivity contribution is -0.131. The number of aryl methyl sites for hydroxylation is 1. The van der Waals surface area contributed by atoms with Crippen LogP contribution in [0.4, 0.5) is 0 Å². The van der Waals surface area contributed by atoms with Crippen molar-refractivity contribution in [1.29, 1.82) is 5.26 Å². The first-order valence-corrected chi connectivity index (χ1v) is 4.58. The number of nitrogens with zero attached hydrogens (tertiary/aromatic N) is 1. The van der Waals surface area contributed by atoms with Crippen LogP contribution < -0.4 is 4.74 Å². The summed E-state index contributed by atoms with van der Waals surface area (Å²) in [4.78, 5) is 10.4. The fraction of sp³-hybridized carbons (Fsp3) is 0.167. The summed E-state index contributed by atoms with van der Waals surface area (Å²) in [5.74, 6) is -0.424. The van der Waals surface area contributed by atoms with Crippen LogP contribution in [0.25, 0.3) is 6.08 Å². The van der Waals surface area contributed by atoms with Gasteiger partial charge in [0.25, 0.3) is 0 Å². The topological polar surface area (TPSA) is 70.3 Å². The number of carboxylic acids is 1. The number of hydrogen-bond donors (Lipinski definition) is 1. The summed E-state index contributed by atoms with van der Waals surface area (Å²) in [6, 6.07) is 5.32. The molecule has 0 aliphatic rings. The Balaban J connectivity index is 3.26. The standard InChI is InChI=1S/C12H11NO3/c1-8-5-10(7-13)9(3-4-12(14)15)6-11(8)16-2/h3-6H,1-2H3,(H,14,15)/b4-3+. The Kier molecular flexibility index (Phi) is 3.67. The van der Waals surface area contributed by atoms with E-state index in [-0.39, 0.29) is 0 Å². The molecule has 0 spiro atoms. The summed E-state index contributed by atoms with van der Waals surface area (Å²) in [6.45, 7) is 1.82. The Morgan fingerprint density at radius 1 is 1.56 bits per heavy atom. The molecule has 0 unspecified atom stereocenters. The predicted molar refractivity (Wildman–Crippen MR) is 59.1 cm³/mol. The molecule has 0 saturated heterocycles. The number of aliphatic carboxylic acids is 1. The molecule has 1 N–H and O–H groups in total. The summed E-state index contributed by atoms with van der Waals surface area (Å²) in [6.07, 6.45) is 2.37. The summed E-state index contributed by atoms with van der Waals surface area (Å²) in [5, 5.41) is 17.4. The molecule has 82 valence electrons. The van der Waals surface area contributed by atoms with E-state index < -0.39 is 5.97 Å². The molecule has 0 aromatic heterocycles. The molecule has 0 saturated carbocycles. The molecule has 0 heterocycles. The maximum Gasteiger partial charge on any atom is 0.328 e. The molecule has 4 nitrogen and oxygen atoms in total. The van der Waals surface area contributed by atoms with Crippen molar-refractivity contribution in [3.63, 3.8) is 0 Å². The van der Waals surface area contributed by atoms with Crippen molar-refractivity contribution in [2.24, 2.45) is 0 Å². The fourth-order valence-electron chi connectivity index (χ4n) is 1.32. The second kappa shape index (κ2) is 4.99. The van der Waals surface area contributed by atoms with Gasteiger partial charge < -0.3 is 9.84 Å². The molecule has 0 bridgehead atoms. The first kappa shape index (κ1) is 11.8. The largest absolute Gasteiger partial charge is 0.496 e. The highest BCUT2D eigenvalue weighted by molar-refractivity contribution is 5.86. The van der Waals surface area contributed by atoms with Crippen molar-refractivity contribution in [3.05, 3.63) is 34.9 Å². The Morgan fingerprint density at radius 2 is 2.25 bits per heavy atom. The van der Waals surface area contributed by atoms with Gasteiger partial charge in [0.1, 0.15) is 5.75 Å². The Bertz CT molecular complexity index is 484. The number of hydrogen-bond acceptors (Lipinski definition) is 3. The van der Waals surface area contributed by atoms with Gasteiger partial charge in [0.2, 0.25) is 0 Å². The molecule has 0 aliphatic heterocycles. The number of carboxylic acid groups (broad SMARTS) is 1. The fourth-order valence-corrected chi connectivity index (χ4v) is 1.32. The van der Waals surface area contributed by atoms with E-state index >= 15 is 0 Å². The number of nitriles is 1. The van der Waals surface area contributed by atoms with E-state index in [1.165, 1.54) is 13.2 Å². The highest BCUT2D eigenvalue weighted by atomic mass is 16.5. The van der Waals surface area contributed by atoms with Gasteiger partial charge in [-0.25, -0.2) is 4.79 Å². The first-order chi connectivity index (χ1) is 7.58. The van der Waals surface area contributed by atoms with Gasteiger partial charge in [-0.3, -0.25) is 0 Å². The molecule has 0 amide bonds. The summed E-state index contributed by atoms with van der Waals surface area (Å²) < 4.78 is 5.10. The van der Waals surface area contributed by atoms with Crippen molar-refractivity contribution >= 4 is 12.0 Å². The van der Waals surface area contributed by atoms with E-state index in [0.717, 1.165) is 11.6 Å². The third kappa shape index (κ3) is 2.61. The lowest BCUT2D eigenvalue weighted by atomic mass is 10.0. The van der Waals surface area contributed by atoms with Crippen LogP contribution in [0, 0.1) is 18.3 Å². The van der Waals surface area contributed by atoms with Crippen molar-refractivity contribution in [2.45, 2.75) is 6.92 Å². The van der Waals surface area contributed by atoms with Gasteiger partial charge in [-0.05, 0) is 36.3 Å². The molecule has 1 aromatic carbocycles. The van der Waals surface area contributed by atoms with Crippen LogP contribution in [-0.2, 0) is 4.79 Å². The van der Waals surface area contributed by atoms with Gasteiger partial charge in [-0.15, -0.1) is 0 Å². The third-order valence-corrected chi connectivity index (χ3v) is 2.09. The molecule has 4 heteroatoms. The van der Waals surface area contributed by atoms with E-state index in [4.69, 9.17) is 15.1 Å². The number of benzene rings is 1. The molecule has 0 radical (unpaired) electrons. The molecule has 0 fully saturated rings. The lowest BCUT2D eigenvalue weighted by Crippen LogP contribution is -1.92. The minimum absolute atomic E-state index is 0.427. The summed E-state index contributed by atoms with van der Waals surface area (Å²) in [5.41, 5.74) is 1.80. The number of rotatable bonds is 3. The normalized spacial score (nSPS) is 10.1. The molecule has 16 heavy (non-hydrogen) atoms. The van der Waals surface area contributed by atoms with E-state index in [2.05, 4.69) is 0 Å². The molecular formula is C12H11NO3. The van der Waals surface area contributed by atoms with Crippen molar-refractivity contribution in [3.8, 4) is 11.8 Å². The zero-order valence-electron chi connectivity index (χ0n) is 9.02. The smallest absolute Gasteiger partial charge is 0.328 e. The summed E-state index contributed by atoms with van der Waals surface area (Å²) in [7, 11) is 1.53. The average molecular weight is 217 g/mol. The SMILES string of the molecule is COc1cc(/C=C/C(=O)O)c(C#N)cc1C. The van der Waals surface area contributed by atoms with E-state index in [0.29, 0.717) is 16.9 Å². The monoisotopic (exact) mass is 217 g/mol. The van der Waals surface area contributed by atoms with Gasteiger partial charge in [0.15, 0.2) is 0 Å². The Labute approximate surface area is 93.4 Å². The van der Waals surface area contributed by atoms with E-state index in [1.54, 1.807) is 12.1 Å². The van der Waals surface area contributed by atoms with E-state index in [9.17, 15) is 4.79 Å². The van der Waals surface area contributed by atoms with Crippen LogP contribution in [0.1, 0.15) is 16.7 Å². The van der Waals surface area contributed by atoms with Crippen molar-refractivity contribution in [2.75, 3.05) is 7.11 Å². The van der Waals surface area contributed by atoms with Crippen LogP contribution in [0.3, 0.4) is 0 Å². The van der Waals surface area contributed by atoms with E-state index in [1.807, 2.05) is 13.0 Å². The highest BCUT2D eigenvalue weighted by Crippen LogP contribution is 2.23. The minimum atomic E-state index is -1.05. The Hall–Kier alpha value is -2.28. The number of carbonyl (C=O) groups is 1. The lowest BCUT2D eigenvalue weighted by Gasteiger charge is -2.06. The van der Waals surface area contributed by atoms with Gasteiger partial charge in [0.05, 0.1) is 18.7 Å². The molecular weight excluding hydrogens is 206 g/mol. The first-order valence-electron chi connectivity index (χ1n) is 4.58. The maximum absolute atomic E-state index is 10.4. The summed E-state index contributed by atoms with van der Waals surface area (Å²) >= 11 is 0. The second-order valence-electron chi connectivity index (χ2n) is 3.19. The van der Waals surface area contributed by atoms with Crippen molar-refractivity contribution < 1.29 is 14.6 Å². The van der Waals surface area contributed by atoms with Gasteiger partial charge >= 0.3 is 5.97 Å². The van der Waals surface area contributed by atoms with Crippen LogP contribution in [0.2, 0.25) is 0 Å².